The van der Waals surface area contributed by atoms with Crippen LogP contribution in [0.5, 0.6) is 0 Å². The van der Waals surface area contributed by atoms with E-state index in [1.165, 1.54) is 12.3 Å². The van der Waals surface area contributed by atoms with Crippen LogP contribution in [-0.4, -0.2) is 16.8 Å². The molecule has 1 heterocycles. The monoisotopic (exact) mass is 392 g/mol. The summed E-state index contributed by atoms with van der Waals surface area (Å²) in [5.41, 5.74) is 1.70. The summed E-state index contributed by atoms with van der Waals surface area (Å²) in [4.78, 5) is 28.6. The summed E-state index contributed by atoms with van der Waals surface area (Å²) in [6, 6.07) is 16.2. The number of carbonyl (C=O) groups excluding carboxylic acids is 2. The molecule has 6 nitrogen and oxygen atoms in total. The number of aromatic nitrogens is 1. The Bertz CT molecular complexity index is 1020. The Morgan fingerprint density at radius 3 is 2.21 bits per heavy atom. The number of amides is 2. The highest BCUT2D eigenvalue weighted by molar-refractivity contribution is 6.08. The lowest BCUT2D eigenvalue weighted by Crippen LogP contribution is -2.18. The minimum atomic E-state index is -0.441. The largest absolute Gasteiger partial charge is 0.337 e. The van der Waals surface area contributed by atoms with Gasteiger partial charge in [-0.3, -0.25) is 9.59 Å². The summed E-state index contributed by atoms with van der Waals surface area (Å²) in [7, 11) is 0. The van der Waals surface area contributed by atoms with Crippen molar-refractivity contribution in [3.05, 3.63) is 78.2 Å². The molecule has 0 aliphatic rings. The van der Waals surface area contributed by atoms with Crippen molar-refractivity contribution in [2.75, 3.05) is 16.0 Å². The Hall–Kier alpha value is -3.74. The smallest absolute Gasteiger partial charge is 0.259 e. The van der Waals surface area contributed by atoms with Crippen molar-refractivity contribution >= 4 is 34.7 Å². The maximum absolute atomic E-state index is 13.9. The molecule has 0 aliphatic carbocycles. The number of hydrogen-bond donors (Lipinski definition) is 3. The first-order valence-corrected chi connectivity index (χ1v) is 9.13. The molecular formula is C22H21FN4O2. The zero-order chi connectivity index (χ0) is 20.8. The van der Waals surface area contributed by atoms with Crippen LogP contribution in [0.1, 0.15) is 24.2 Å². The predicted octanol–water partition coefficient (Wildman–Crippen LogP) is 4.81. The van der Waals surface area contributed by atoms with Crippen LogP contribution in [0.25, 0.3) is 0 Å². The maximum Gasteiger partial charge on any atom is 0.259 e. The molecule has 0 aliphatic heterocycles. The average Bonchev–Trinajstić information content (AvgIpc) is 2.71. The number of pyridine rings is 1. The van der Waals surface area contributed by atoms with Crippen molar-refractivity contribution in [3.8, 4) is 0 Å². The third-order valence-corrected chi connectivity index (χ3v) is 4.11. The van der Waals surface area contributed by atoms with E-state index >= 15 is 0 Å². The molecule has 29 heavy (non-hydrogen) atoms. The Kier molecular flexibility index (Phi) is 6.19. The predicted molar refractivity (Wildman–Crippen MR) is 112 cm³/mol. The lowest BCUT2D eigenvalue weighted by atomic mass is 10.2. The van der Waals surface area contributed by atoms with Gasteiger partial charge in [0.1, 0.15) is 11.6 Å². The second kappa shape index (κ2) is 8.97. The summed E-state index contributed by atoms with van der Waals surface area (Å²) in [5, 5.41) is 8.42. The summed E-state index contributed by atoms with van der Waals surface area (Å²) in [5.74, 6) is -0.795. The highest BCUT2D eigenvalue weighted by Crippen LogP contribution is 2.22. The van der Waals surface area contributed by atoms with Gasteiger partial charge in [0.25, 0.3) is 5.91 Å². The summed E-state index contributed by atoms with van der Waals surface area (Å²) in [6.45, 7) is 3.62. The van der Waals surface area contributed by atoms with Crippen LogP contribution in [0.2, 0.25) is 0 Å². The molecular weight excluding hydrogens is 371 g/mol. The van der Waals surface area contributed by atoms with E-state index in [9.17, 15) is 14.0 Å². The molecule has 148 valence electrons. The van der Waals surface area contributed by atoms with Crippen LogP contribution in [0, 0.1) is 11.7 Å². The van der Waals surface area contributed by atoms with Gasteiger partial charge in [0.2, 0.25) is 5.91 Å². The Labute approximate surface area is 168 Å². The Morgan fingerprint density at radius 1 is 0.897 bits per heavy atom. The minimum Gasteiger partial charge on any atom is -0.337 e. The Balaban J connectivity index is 1.73. The number of nitrogens with zero attached hydrogens (tertiary/aromatic N) is 1. The third kappa shape index (κ3) is 5.16. The van der Waals surface area contributed by atoms with Crippen LogP contribution >= 0.6 is 0 Å². The lowest BCUT2D eigenvalue weighted by molar-refractivity contribution is -0.118. The molecule has 1 aromatic heterocycles. The van der Waals surface area contributed by atoms with Gasteiger partial charge in [-0.2, -0.15) is 0 Å². The molecule has 2 aromatic carbocycles. The second-order valence-corrected chi connectivity index (χ2v) is 6.68. The van der Waals surface area contributed by atoms with E-state index in [0.717, 1.165) is 0 Å². The zero-order valence-electron chi connectivity index (χ0n) is 16.1. The molecule has 0 saturated heterocycles. The fraction of sp³-hybridized carbons (Fsp3) is 0.136. The molecule has 3 N–H and O–H groups in total. The van der Waals surface area contributed by atoms with Gasteiger partial charge in [-0.25, -0.2) is 9.37 Å². The first-order valence-electron chi connectivity index (χ1n) is 9.13. The molecule has 3 aromatic rings. The number of nitrogens with one attached hydrogen (secondary N) is 3. The number of rotatable bonds is 6. The van der Waals surface area contributed by atoms with E-state index in [4.69, 9.17) is 0 Å². The van der Waals surface area contributed by atoms with E-state index in [2.05, 4.69) is 20.9 Å². The fourth-order valence-electron chi connectivity index (χ4n) is 2.50. The fourth-order valence-corrected chi connectivity index (χ4v) is 2.50. The van der Waals surface area contributed by atoms with Gasteiger partial charge in [0.05, 0.1) is 11.3 Å². The van der Waals surface area contributed by atoms with Gasteiger partial charge in [0.15, 0.2) is 0 Å². The number of para-hydroxylation sites is 1. The van der Waals surface area contributed by atoms with Crippen molar-refractivity contribution < 1.29 is 14.0 Å². The van der Waals surface area contributed by atoms with Gasteiger partial charge < -0.3 is 16.0 Å². The van der Waals surface area contributed by atoms with E-state index in [-0.39, 0.29) is 28.9 Å². The molecule has 7 heteroatoms. The quantitative estimate of drug-likeness (QED) is 0.562. The average molecular weight is 392 g/mol. The molecule has 0 spiro atoms. The van der Waals surface area contributed by atoms with E-state index in [0.29, 0.717) is 11.4 Å². The van der Waals surface area contributed by atoms with Crippen molar-refractivity contribution in [1.29, 1.82) is 0 Å². The lowest BCUT2D eigenvalue weighted by Gasteiger charge is -2.12. The van der Waals surface area contributed by atoms with Gasteiger partial charge in [0, 0.05) is 23.5 Å². The molecule has 0 fully saturated rings. The van der Waals surface area contributed by atoms with Crippen LogP contribution in [0.3, 0.4) is 0 Å². The van der Waals surface area contributed by atoms with Crippen molar-refractivity contribution in [2.24, 2.45) is 5.92 Å². The molecule has 0 atom stereocenters. The second-order valence-electron chi connectivity index (χ2n) is 6.68. The first kappa shape index (κ1) is 20.0. The highest BCUT2D eigenvalue weighted by Gasteiger charge is 2.14. The van der Waals surface area contributed by atoms with E-state index < -0.39 is 11.7 Å². The van der Waals surface area contributed by atoms with Crippen LogP contribution in [0.4, 0.5) is 27.3 Å². The standard InChI is InChI=1S/C22H21FN4O2/c1-14(2)21(28)25-15-9-11-16(12-10-15)26-22(29)17-6-5-13-24-20(17)27-19-8-4-3-7-18(19)23/h3-14H,1-2H3,(H,24,27)(H,25,28)(H,26,29). The van der Waals surface area contributed by atoms with Crippen LogP contribution < -0.4 is 16.0 Å². The molecule has 0 radical (unpaired) electrons. The van der Waals surface area contributed by atoms with E-state index in [1.807, 2.05) is 13.8 Å². The number of benzene rings is 2. The topological polar surface area (TPSA) is 83.1 Å². The molecule has 3 rings (SSSR count). The first-order chi connectivity index (χ1) is 13.9. The van der Waals surface area contributed by atoms with Crippen molar-refractivity contribution in [2.45, 2.75) is 13.8 Å². The number of carbonyl (C=O) groups is 2. The van der Waals surface area contributed by atoms with Gasteiger partial charge in [-0.05, 0) is 48.5 Å². The van der Waals surface area contributed by atoms with Gasteiger partial charge in [-0.1, -0.05) is 26.0 Å². The normalized spacial score (nSPS) is 10.5. The number of hydrogen-bond acceptors (Lipinski definition) is 4. The molecule has 2 amide bonds. The highest BCUT2D eigenvalue weighted by atomic mass is 19.1. The van der Waals surface area contributed by atoms with Crippen LogP contribution in [0.15, 0.2) is 66.9 Å². The summed E-state index contributed by atoms with van der Waals surface area (Å²) < 4.78 is 13.9. The zero-order valence-corrected chi connectivity index (χ0v) is 16.1. The molecule has 0 saturated carbocycles. The van der Waals surface area contributed by atoms with Crippen LogP contribution in [-0.2, 0) is 4.79 Å². The SMILES string of the molecule is CC(C)C(=O)Nc1ccc(NC(=O)c2cccnc2Nc2ccccc2F)cc1. The van der Waals surface area contributed by atoms with E-state index in [1.54, 1.807) is 54.6 Å². The summed E-state index contributed by atoms with van der Waals surface area (Å²) in [6.07, 6.45) is 1.52. The number of halogens is 1. The summed E-state index contributed by atoms with van der Waals surface area (Å²) >= 11 is 0. The van der Waals surface area contributed by atoms with Gasteiger partial charge >= 0.3 is 0 Å². The van der Waals surface area contributed by atoms with Crippen molar-refractivity contribution in [3.63, 3.8) is 0 Å². The maximum atomic E-state index is 13.9. The minimum absolute atomic E-state index is 0.0824. The molecule has 0 bridgehead atoms. The third-order valence-electron chi connectivity index (χ3n) is 4.11. The Morgan fingerprint density at radius 2 is 1.55 bits per heavy atom. The van der Waals surface area contributed by atoms with Gasteiger partial charge in [-0.15, -0.1) is 0 Å². The van der Waals surface area contributed by atoms with Crippen molar-refractivity contribution in [1.82, 2.24) is 4.98 Å². The number of anilines is 4. The molecule has 0 unspecified atom stereocenters.